The highest BCUT2D eigenvalue weighted by atomic mass is 16.2. The molecule has 6 heteroatoms. The molecule has 1 aliphatic rings. The molecule has 0 spiro atoms. The fraction of sp³-hybridized carbons (Fsp3) is 0.471. The molecule has 0 aromatic heterocycles. The topological polar surface area (TPSA) is 74.8 Å². The molecule has 1 aromatic carbocycles. The van der Waals surface area contributed by atoms with E-state index in [0.717, 1.165) is 12.0 Å². The fourth-order valence-electron chi connectivity index (χ4n) is 2.54. The molecule has 2 amide bonds. The number of carbonyl (C=O) groups is 2. The van der Waals surface area contributed by atoms with Gasteiger partial charge in [0.2, 0.25) is 11.8 Å². The van der Waals surface area contributed by atoms with Crippen LogP contribution < -0.4 is 0 Å². The Bertz CT molecular complexity index is 567. The van der Waals surface area contributed by atoms with Gasteiger partial charge in [-0.1, -0.05) is 37.3 Å². The maximum absolute atomic E-state index is 12.3. The van der Waals surface area contributed by atoms with Gasteiger partial charge in [-0.25, -0.2) is 0 Å². The zero-order valence-electron chi connectivity index (χ0n) is 13.7. The summed E-state index contributed by atoms with van der Waals surface area (Å²) in [6.45, 7) is 6.37. The van der Waals surface area contributed by atoms with E-state index in [-0.39, 0.29) is 43.1 Å². The Morgan fingerprint density at radius 2 is 1.48 bits per heavy atom. The lowest BCUT2D eigenvalue weighted by Crippen LogP contribution is -2.56. The number of carbonyl (C=O) groups excluding carboxylic acids is 4. The highest BCUT2D eigenvalue weighted by molar-refractivity contribution is 5.93. The number of piperazine rings is 1. The third-order valence-corrected chi connectivity index (χ3v) is 4.12. The van der Waals surface area contributed by atoms with E-state index in [9.17, 15) is 9.59 Å². The van der Waals surface area contributed by atoms with Crippen molar-refractivity contribution >= 4 is 18.0 Å². The molecule has 0 unspecified atom stereocenters. The third kappa shape index (κ3) is 4.76. The van der Waals surface area contributed by atoms with E-state index in [1.54, 1.807) is 9.80 Å². The van der Waals surface area contributed by atoms with E-state index in [2.05, 4.69) is 0 Å². The van der Waals surface area contributed by atoms with Gasteiger partial charge in [-0.15, -0.1) is 0 Å². The number of rotatable bonds is 4. The Kier molecular flexibility index (Phi) is 7.16. The van der Waals surface area contributed by atoms with Crippen LogP contribution in [0.15, 0.2) is 30.3 Å². The van der Waals surface area contributed by atoms with Gasteiger partial charge in [-0.3, -0.25) is 9.59 Å². The molecule has 0 aliphatic carbocycles. The lowest BCUT2D eigenvalue weighted by atomic mass is 10.1. The molecular formula is C17H22N2O4. The van der Waals surface area contributed by atoms with Crippen molar-refractivity contribution < 1.29 is 19.2 Å². The normalized spacial score (nSPS) is 17.0. The minimum atomic E-state index is -0.0632. The Labute approximate surface area is 136 Å². The summed E-state index contributed by atoms with van der Waals surface area (Å²) in [4.78, 5) is 44.2. The van der Waals surface area contributed by atoms with Crippen molar-refractivity contribution in [2.45, 2.75) is 39.3 Å². The van der Waals surface area contributed by atoms with Crippen LogP contribution in [-0.2, 0) is 19.2 Å². The Balaban J connectivity index is 0.000000816. The lowest BCUT2D eigenvalue weighted by molar-refractivity contribution is -0.191. The smallest absolute Gasteiger partial charge is 0.329 e. The maximum atomic E-state index is 12.3. The maximum Gasteiger partial charge on any atom is 0.373 e. The zero-order valence-corrected chi connectivity index (χ0v) is 13.7. The summed E-state index contributed by atoms with van der Waals surface area (Å²) in [7, 11) is 0. The molecule has 2 atom stereocenters. The predicted octanol–water partition coefficient (Wildman–Crippen LogP) is 1.63. The number of hydrogen-bond donors (Lipinski definition) is 0. The van der Waals surface area contributed by atoms with E-state index in [1.165, 1.54) is 0 Å². The SMILES string of the molecule is CC[C@H](C)N1CC(=O)N([C@H](C)c2ccccc2)CC1=O.O=C=O. The molecule has 0 N–H and O–H groups in total. The summed E-state index contributed by atoms with van der Waals surface area (Å²) in [6.07, 6.45) is 1.12. The van der Waals surface area contributed by atoms with Crippen molar-refractivity contribution in [1.29, 1.82) is 0 Å². The van der Waals surface area contributed by atoms with Crippen molar-refractivity contribution in [3.63, 3.8) is 0 Å². The minimum absolute atomic E-state index is 0.0289. The number of hydrogen-bond acceptors (Lipinski definition) is 4. The van der Waals surface area contributed by atoms with Gasteiger partial charge in [-0.05, 0) is 25.8 Å². The summed E-state index contributed by atoms with van der Waals surface area (Å²) >= 11 is 0. The van der Waals surface area contributed by atoms with Crippen LogP contribution in [-0.4, -0.2) is 46.9 Å². The zero-order chi connectivity index (χ0) is 17.4. The summed E-state index contributed by atoms with van der Waals surface area (Å²) in [5, 5.41) is 0. The first-order chi connectivity index (χ1) is 11.0. The van der Waals surface area contributed by atoms with Crippen LogP contribution in [0.5, 0.6) is 0 Å². The highest BCUT2D eigenvalue weighted by Crippen LogP contribution is 2.23. The number of amides is 2. The van der Waals surface area contributed by atoms with Crippen molar-refractivity contribution in [2.24, 2.45) is 0 Å². The second-order valence-corrected chi connectivity index (χ2v) is 5.47. The van der Waals surface area contributed by atoms with E-state index >= 15 is 0 Å². The first-order valence-electron chi connectivity index (χ1n) is 7.59. The number of benzene rings is 1. The molecule has 0 saturated carbocycles. The van der Waals surface area contributed by atoms with Crippen LogP contribution in [0.1, 0.15) is 38.8 Å². The molecule has 1 aromatic rings. The molecule has 6 nitrogen and oxygen atoms in total. The molecule has 1 aliphatic heterocycles. The molecule has 23 heavy (non-hydrogen) atoms. The molecule has 0 radical (unpaired) electrons. The largest absolute Gasteiger partial charge is 0.373 e. The summed E-state index contributed by atoms with van der Waals surface area (Å²) in [5.41, 5.74) is 1.06. The first kappa shape index (κ1) is 18.6. The highest BCUT2D eigenvalue weighted by Gasteiger charge is 2.34. The molecule has 2 rings (SSSR count). The van der Waals surface area contributed by atoms with E-state index in [1.807, 2.05) is 51.1 Å². The van der Waals surface area contributed by atoms with Crippen molar-refractivity contribution in [2.75, 3.05) is 13.1 Å². The van der Waals surface area contributed by atoms with Gasteiger partial charge in [0.15, 0.2) is 0 Å². The lowest BCUT2D eigenvalue weighted by Gasteiger charge is -2.39. The molecule has 1 heterocycles. The fourth-order valence-corrected chi connectivity index (χ4v) is 2.54. The van der Waals surface area contributed by atoms with Crippen LogP contribution in [0.3, 0.4) is 0 Å². The Morgan fingerprint density at radius 1 is 1.00 bits per heavy atom. The number of nitrogens with zero attached hydrogens (tertiary/aromatic N) is 2. The van der Waals surface area contributed by atoms with E-state index < -0.39 is 0 Å². The predicted molar refractivity (Wildman–Crippen MR) is 83.0 cm³/mol. The van der Waals surface area contributed by atoms with Gasteiger partial charge in [-0.2, -0.15) is 9.59 Å². The van der Waals surface area contributed by atoms with Gasteiger partial charge < -0.3 is 9.80 Å². The van der Waals surface area contributed by atoms with Crippen LogP contribution in [0, 0.1) is 0 Å². The summed E-state index contributed by atoms with van der Waals surface area (Å²) in [6, 6.07) is 9.89. The Morgan fingerprint density at radius 3 is 2.00 bits per heavy atom. The molecule has 1 fully saturated rings. The van der Waals surface area contributed by atoms with Crippen LogP contribution >= 0.6 is 0 Å². The van der Waals surface area contributed by atoms with Crippen molar-refractivity contribution in [3.8, 4) is 0 Å². The summed E-state index contributed by atoms with van der Waals surface area (Å²) in [5.74, 6) is 0.0722. The average Bonchev–Trinajstić information content (AvgIpc) is 2.56. The first-order valence-corrected chi connectivity index (χ1v) is 7.59. The monoisotopic (exact) mass is 318 g/mol. The molecule has 124 valence electrons. The second-order valence-electron chi connectivity index (χ2n) is 5.47. The van der Waals surface area contributed by atoms with Gasteiger partial charge in [0.1, 0.15) is 13.1 Å². The second kappa shape index (κ2) is 8.86. The van der Waals surface area contributed by atoms with Gasteiger partial charge in [0.25, 0.3) is 0 Å². The third-order valence-electron chi connectivity index (χ3n) is 4.12. The molecule has 1 saturated heterocycles. The van der Waals surface area contributed by atoms with Gasteiger partial charge in [0.05, 0.1) is 6.04 Å². The Hall–Kier alpha value is -2.46. The van der Waals surface area contributed by atoms with Crippen LogP contribution in [0.25, 0.3) is 0 Å². The van der Waals surface area contributed by atoms with E-state index in [0.29, 0.717) is 0 Å². The average molecular weight is 318 g/mol. The van der Waals surface area contributed by atoms with Crippen LogP contribution in [0.4, 0.5) is 0 Å². The molecule has 0 bridgehead atoms. The van der Waals surface area contributed by atoms with Crippen LogP contribution in [0.2, 0.25) is 0 Å². The standard InChI is InChI=1S/C16H22N2O2.CO2/c1-4-12(2)17-10-16(20)18(11-15(17)19)13(3)14-8-6-5-7-9-14;2-1-3/h5-9,12-13H,4,10-11H2,1-3H3;/t12-,13+;/m0./s1. The van der Waals surface area contributed by atoms with Crippen molar-refractivity contribution in [3.05, 3.63) is 35.9 Å². The van der Waals surface area contributed by atoms with Gasteiger partial charge in [0, 0.05) is 6.04 Å². The van der Waals surface area contributed by atoms with E-state index in [4.69, 9.17) is 9.59 Å². The molecular weight excluding hydrogens is 296 g/mol. The minimum Gasteiger partial charge on any atom is -0.329 e. The quantitative estimate of drug-likeness (QED) is 0.845. The van der Waals surface area contributed by atoms with Gasteiger partial charge >= 0.3 is 6.15 Å². The summed E-state index contributed by atoms with van der Waals surface area (Å²) < 4.78 is 0. The van der Waals surface area contributed by atoms with Crippen molar-refractivity contribution in [1.82, 2.24) is 9.80 Å².